The van der Waals surface area contributed by atoms with Crippen LogP contribution in [0.1, 0.15) is 11.1 Å². The van der Waals surface area contributed by atoms with Crippen LogP contribution in [0.25, 0.3) is 11.1 Å². The molecule has 1 aliphatic heterocycles. The molecule has 0 aromatic heterocycles. The number of anilines is 1. The molecule has 142 valence electrons. The second kappa shape index (κ2) is 7.88. The molecule has 0 radical (unpaired) electrons. The number of nitrogens with one attached hydrogen (secondary N) is 2. The molecule has 4 rings (SSSR count). The quantitative estimate of drug-likeness (QED) is 0.665. The standard InChI is InChI=1S/C21H18ClFN4O/c1-28-19-10-7-16(21(23)20(19)15-3-2-4-17(22)12-15)11-14-5-8-18(9-6-14)27-13-24-25-26-27/h2-10,12-13,25-26H,11H2,1H3. The minimum atomic E-state index is -0.303. The molecule has 0 fully saturated rings. The van der Waals surface area contributed by atoms with Crippen molar-refractivity contribution in [1.29, 1.82) is 0 Å². The molecular formula is C21H18ClFN4O. The molecule has 0 aliphatic carbocycles. The molecule has 7 heteroatoms. The van der Waals surface area contributed by atoms with Crippen LogP contribution in [-0.4, -0.2) is 13.4 Å². The number of hydrazone groups is 1. The molecule has 2 N–H and O–H groups in total. The molecule has 1 aliphatic rings. The second-order valence-electron chi connectivity index (χ2n) is 6.31. The fourth-order valence-corrected chi connectivity index (χ4v) is 3.34. The maximum atomic E-state index is 15.4. The van der Waals surface area contributed by atoms with Gasteiger partial charge < -0.3 is 4.74 Å². The fraction of sp³-hybridized carbons (Fsp3) is 0.0952. The number of halogens is 2. The predicted molar refractivity (Wildman–Crippen MR) is 110 cm³/mol. The van der Waals surface area contributed by atoms with Crippen LogP contribution in [0.3, 0.4) is 0 Å². The van der Waals surface area contributed by atoms with Crippen LogP contribution in [0.4, 0.5) is 10.1 Å². The molecule has 3 aromatic rings. The number of methoxy groups -OCH3 is 1. The van der Waals surface area contributed by atoms with Gasteiger partial charge in [0.15, 0.2) is 0 Å². The van der Waals surface area contributed by atoms with Gasteiger partial charge in [-0.25, -0.2) is 14.9 Å². The molecule has 0 saturated carbocycles. The van der Waals surface area contributed by atoms with Gasteiger partial charge >= 0.3 is 0 Å². The van der Waals surface area contributed by atoms with Crippen molar-refractivity contribution in [2.24, 2.45) is 5.10 Å². The van der Waals surface area contributed by atoms with E-state index in [1.165, 1.54) is 7.11 Å². The molecule has 5 nitrogen and oxygen atoms in total. The molecule has 0 unspecified atom stereocenters. The van der Waals surface area contributed by atoms with Crippen molar-refractivity contribution in [3.8, 4) is 16.9 Å². The molecule has 0 bridgehead atoms. The summed E-state index contributed by atoms with van der Waals surface area (Å²) in [6.45, 7) is 0. The Bertz CT molecular complexity index is 1020. The molecule has 0 saturated heterocycles. The summed E-state index contributed by atoms with van der Waals surface area (Å²) in [6, 6.07) is 18.5. The van der Waals surface area contributed by atoms with E-state index in [0.29, 0.717) is 33.9 Å². The smallest absolute Gasteiger partial charge is 0.138 e. The van der Waals surface area contributed by atoms with E-state index in [4.69, 9.17) is 16.3 Å². The van der Waals surface area contributed by atoms with Crippen molar-refractivity contribution in [3.63, 3.8) is 0 Å². The number of ether oxygens (including phenoxy) is 1. The van der Waals surface area contributed by atoms with Crippen molar-refractivity contribution in [1.82, 2.24) is 11.1 Å². The maximum absolute atomic E-state index is 15.4. The molecule has 0 spiro atoms. The van der Waals surface area contributed by atoms with E-state index >= 15 is 4.39 Å². The largest absolute Gasteiger partial charge is 0.496 e. The van der Waals surface area contributed by atoms with Gasteiger partial charge in [0, 0.05) is 11.4 Å². The van der Waals surface area contributed by atoms with Gasteiger partial charge in [0.2, 0.25) is 0 Å². The summed E-state index contributed by atoms with van der Waals surface area (Å²) < 4.78 is 20.8. The second-order valence-corrected chi connectivity index (χ2v) is 6.74. The van der Waals surface area contributed by atoms with Gasteiger partial charge in [-0.2, -0.15) is 5.10 Å². The summed E-state index contributed by atoms with van der Waals surface area (Å²) in [5.74, 6) is 0.175. The van der Waals surface area contributed by atoms with E-state index in [0.717, 1.165) is 11.3 Å². The lowest BCUT2D eigenvalue weighted by molar-refractivity contribution is 0.413. The summed E-state index contributed by atoms with van der Waals surface area (Å²) >= 11 is 6.09. The van der Waals surface area contributed by atoms with Crippen LogP contribution in [-0.2, 0) is 6.42 Å². The maximum Gasteiger partial charge on any atom is 0.138 e. The molecular weight excluding hydrogens is 379 g/mol. The lowest BCUT2D eigenvalue weighted by Gasteiger charge is -2.15. The number of nitrogens with zero attached hydrogens (tertiary/aromatic N) is 2. The average molecular weight is 397 g/mol. The van der Waals surface area contributed by atoms with E-state index in [-0.39, 0.29) is 5.82 Å². The molecule has 28 heavy (non-hydrogen) atoms. The molecule has 1 heterocycles. The van der Waals surface area contributed by atoms with Crippen LogP contribution in [0.2, 0.25) is 5.02 Å². The zero-order valence-corrected chi connectivity index (χ0v) is 15.9. The number of rotatable bonds is 5. The highest BCUT2D eigenvalue weighted by Crippen LogP contribution is 2.36. The van der Waals surface area contributed by atoms with Gasteiger partial charge in [-0.1, -0.05) is 41.9 Å². The highest BCUT2D eigenvalue weighted by molar-refractivity contribution is 6.30. The van der Waals surface area contributed by atoms with Crippen LogP contribution in [0.5, 0.6) is 5.75 Å². The summed E-state index contributed by atoms with van der Waals surface area (Å²) in [6.07, 6.45) is 2.10. The zero-order chi connectivity index (χ0) is 19.5. The van der Waals surface area contributed by atoms with E-state index in [2.05, 4.69) is 16.2 Å². The fourth-order valence-electron chi connectivity index (χ4n) is 3.14. The van der Waals surface area contributed by atoms with Gasteiger partial charge in [0.05, 0.1) is 18.4 Å². The van der Waals surface area contributed by atoms with E-state index < -0.39 is 0 Å². The number of benzene rings is 3. The Morgan fingerprint density at radius 3 is 2.61 bits per heavy atom. The van der Waals surface area contributed by atoms with Crippen LogP contribution in [0.15, 0.2) is 65.8 Å². The average Bonchev–Trinajstić information content (AvgIpc) is 3.24. The van der Waals surface area contributed by atoms with Crippen LogP contribution < -0.4 is 20.8 Å². The molecule has 3 aromatic carbocycles. The van der Waals surface area contributed by atoms with E-state index in [1.54, 1.807) is 41.7 Å². The highest BCUT2D eigenvalue weighted by Gasteiger charge is 2.17. The topological polar surface area (TPSA) is 48.9 Å². The number of hydrazine groups is 2. The third-order valence-corrected chi connectivity index (χ3v) is 4.77. The van der Waals surface area contributed by atoms with E-state index in [1.807, 2.05) is 30.3 Å². The van der Waals surface area contributed by atoms with Gasteiger partial charge in [-0.15, -0.1) is 5.53 Å². The van der Waals surface area contributed by atoms with Crippen LogP contribution >= 0.6 is 11.6 Å². The summed E-state index contributed by atoms with van der Waals surface area (Å²) in [7, 11) is 1.53. The Hall–Kier alpha value is -3.09. The first-order valence-electron chi connectivity index (χ1n) is 8.69. The van der Waals surface area contributed by atoms with Crippen molar-refractivity contribution in [3.05, 3.63) is 82.6 Å². The lowest BCUT2D eigenvalue weighted by Crippen LogP contribution is -2.37. The minimum absolute atomic E-state index is 0.303. The van der Waals surface area contributed by atoms with Crippen molar-refractivity contribution < 1.29 is 9.13 Å². The summed E-state index contributed by atoms with van der Waals surface area (Å²) in [5, 5.41) is 6.17. The Balaban J connectivity index is 1.65. The first-order chi connectivity index (χ1) is 13.7. The van der Waals surface area contributed by atoms with Gasteiger partial charge in [-0.3, -0.25) is 0 Å². The van der Waals surface area contributed by atoms with Gasteiger partial charge in [0.25, 0.3) is 0 Å². The Morgan fingerprint density at radius 1 is 1.11 bits per heavy atom. The number of hydrogen-bond acceptors (Lipinski definition) is 5. The zero-order valence-electron chi connectivity index (χ0n) is 15.1. The SMILES string of the molecule is COc1ccc(Cc2ccc(N3C=NNN3)cc2)c(F)c1-c1cccc(Cl)c1. The minimum Gasteiger partial charge on any atom is -0.496 e. The van der Waals surface area contributed by atoms with Gasteiger partial charge in [0.1, 0.15) is 17.9 Å². The Morgan fingerprint density at radius 2 is 1.93 bits per heavy atom. The van der Waals surface area contributed by atoms with Crippen LogP contribution in [0, 0.1) is 5.82 Å². The highest BCUT2D eigenvalue weighted by atomic mass is 35.5. The van der Waals surface area contributed by atoms with Gasteiger partial charge in [-0.05, 0) is 47.0 Å². The first kappa shape index (κ1) is 18.3. The Labute approximate surface area is 167 Å². The number of hydrogen-bond donors (Lipinski definition) is 2. The van der Waals surface area contributed by atoms with E-state index in [9.17, 15) is 0 Å². The van der Waals surface area contributed by atoms with Crippen molar-refractivity contribution in [2.75, 3.05) is 12.1 Å². The van der Waals surface area contributed by atoms with Crippen molar-refractivity contribution >= 4 is 23.6 Å². The predicted octanol–water partition coefficient (Wildman–Crippen LogP) is 4.52. The first-order valence-corrected chi connectivity index (χ1v) is 9.07. The normalized spacial score (nSPS) is 12.9. The molecule has 0 amide bonds. The Kier molecular flexibility index (Phi) is 5.14. The summed E-state index contributed by atoms with van der Waals surface area (Å²) in [5.41, 5.74) is 9.13. The van der Waals surface area contributed by atoms with Crippen molar-refractivity contribution in [2.45, 2.75) is 6.42 Å². The molecule has 0 atom stereocenters. The lowest BCUT2D eigenvalue weighted by atomic mass is 9.97. The summed E-state index contributed by atoms with van der Waals surface area (Å²) in [4.78, 5) is 0. The third kappa shape index (κ3) is 3.65. The monoisotopic (exact) mass is 396 g/mol. The third-order valence-electron chi connectivity index (χ3n) is 4.53.